The molecular formula is C3H9N3S. The van der Waals surface area contributed by atoms with Gasteiger partial charge in [0.2, 0.25) is 0 Å². The molecule has 42 valence electrons. The SMILES string of the molecule is C[C@H](S)N=C(N)N. The number of thiol groups is 1. The first kappa shape index (κ1) is 6.62. The average Bonchev–Trinajstić information content (AvgIpc) is 1.27. The van der Waals surface area contributed by atoms with E-state index in [9.17, 15) is 0 Å². The monoisotopic (exact) mass is 119 g/mol. The van der Waals surface area contributed by atoms with Gasteiger partial charge in [0.05, 0.1) is 5.37 Å². The molecule has 0 heterocycles. The maximum Gasteiger partial charge on any atom is 0.187 e. The molecule has 0 rings (SSSR count). The predicted octanol–water partition coefficient (Wildman–Crippen LogP) is -0.464. The molecular weight excluding hydrogens is 110 g/mol. The van der Waals surface area contributed by atoms with Crippen LogP contribution in [0.5, 0.6) is 0 Å². The van der Waals surface area contributed by atoms with Gasteiger partial charge in [0.15, 0.2) is 5.96 Å². The fraction of sp³-hybridized carbons (Fsp3) is 0.667. The Hall–Kier alpha value is -0.380. The fourth-order valence-electron chi connectivity index (χ4n) is 0.216. The molecule has 0 saturated heterocycles. The molecule has 3 nitrogen and oxygen atoms in total. The summed E-state index contributed by atoms with van der Waals surface area (Å²) in [7, 11) is 0. The van der Waals surface area contributed by atoms with Gasteiger partial charge in [-0.15, -0.1) is 0 Å². The van der Waals surface area contributed by atoms with Gasteiger partial charge in [-0.1, -0.05) is 0 Å². The molecule has 0 aliphatic rings. The van der Waals surface area contributed by atoms with Gasteiger partial charge in [-0.2, -0.15) is 12.6 Å². The molecule has 0 aliphatic heterocycles. The molecule has 0 unspecified atom stereocenters. The van der Waals surface area contributed by atoms with Crippen molar-refractivity contribution in [3.8, 4) is 0 Å². The molecule has 4 N–H and O–H groups in total. The summed E-state index contributed by atoms with van der Waals surface area (Å²) in [6.45, 7) is 1.78. The smallest absolute Gasteiger partial charge is 0.187 e. The van der Waals surface area contributed by atoms with E-state index in [1.165, 1.54) is 0 Å². The molecule has 0 spiro atoms. The summed E-state index contributed by atoms with van der Waals surface area (Å²) in [4.78, 5) is 3.61. The van der Waals surface area contributed by atoms with Crippen molar-refractivity contribution >= 4 is 18.6 Å². The van der Waals surface area contributed by atoms with Crippen molar-refractivity contribution in [1.29, 1.82) is 0 Å². The first-order chi connectivity index (χ1) is 3.13. The van der Waals surface area contributed by atoms with Crippen molar-refractivity contribution in [2.45, 2.75) is 12.3 Å². The number of hydrogen-bond acceptors (Lipinski definition) is 2. The zero-order chi connectivity index (χ0) is 5.86. The number of aliphatic imine (C=N–C) groups is 1. The Bertz CT molecular complexity index is 74.2. The summed E-state index contributed by atoms with van der Waals surface area (Å²) < 4.78 is 0. The highest BCUT2D eigenvalue weighted by molar-refractivity contribution is 7.80. The summed E-state index contributed by atoms with van der Waals surface area (Å²) in [5.74, 6) is 0.0856. The lowest BCUT2D eigenvalue weighted by atomic mass is 10.8. The number of nitrogens with zero attached hydrogens (tertiary/aromatic N) is 1. The lowest BCUT2D eigenvalue weighted by Gasteiger charge is -1.92. The van der Waals surface area contributed by atoms with E-state index in [1.807, 2.05) is 0 Å². The predicted molar refractivity (Wildman–Crippen MR) is 34.3 cm³/mol. The first-order valence-electron chi connectivity index (χ1n) is 1.89. The zero-order valence-corrected chi connectivity index (χ0v) is 5.02. The molecule has 0 aromatic rings. The van der Waals surface area contributed by atoms with Crippen LogP contribution in [0.2, 0.25) is 0 Å². The van der Waals surface area contributed by atoms with E-state index in [1.54, 1.807) is 6.92 Å². The molecule has 0 aromatic carbocycles. The number of rotatable bonds is 1. The Labute approximate surface area is 48.2 Å². The number of guanidine groups is 1. The van der Waals surface area contributed by atoms with Crippen LogP contribution in [0.1, 0.15) is 6.92 Å². The second-order valence-electron chi connectivity index (χ2n) is 1.19. The second-order valence-corrected chi connectivity index (χ2v) is 1.93. The summed E-state index contributed by atoms with van der Waals surface area (Å²) in [6, 6.07) is 0. The molecule has 0 fully saturated rings. The summed E-state index contributed by atoms with van der Waals surface area (Å²) in [5.41, 5.74) is 9.94. The average molecular weight is 119 g/mol. The van der Waals surface area contributed by atoms with Crippen molar-refractivity contribution < 1.29 is 0 Å². The number of nitrogens with two attached hydrogens (primary N) is 2. The highest BCUT2D eigenvalue weighted by atomic mass is 32.1. The number of hydrogen-bond donors (Lipinski definition) is 3. The molecule has 4 heteroatoms. The van der Waals surface area contributed by atoms with E-state index in [-0.39, 0.29) is 11.3 Å². The minimum Gasteiger partial charge on any atom is -0.370 e. The van der Waals surface area contributed by atoms with Gasteiger partial charge in [-0.05, 0) is 6.92 Å². The van der Waals surface area contributed by atoms with Crippen LogP contribution in [0.25, 0.3) is 0 Å². The summed E-state index contributed by atoms with van der Waals surface area (Å²) in [5, 5.41) is -0.0926. The summed E-state index contributed by atoms with van der Waals surface area (Å²) in [6.07, 6.45) is 0. The van der Waals surface area contributed by atoms with Gasteiger partial charge in [0.25, 0.3) is 0 Å². The van der Waals surface area contributed by atoms with E-state index in [2.05, 4.69) is 17.6 Å². The van der Waals surface area contributed by atoms with E-state index >= 15 is 0 Å². The standard InChI is InChI=1S/C3H9N3S/c1-2(7)6-3(4)5/h2,7H,1H3,(H4,4,5,6)/t2-/m0/s1. The third-order valence-electron chi connectivity index (χ3n) is 0.336. The Kier molecular flexibility index (Phi) is 2.59. The van der Waals surface area contributed by atoms with Gasteiger partial charge in [-0.25, -0.2) is 4.99 Å². The molecule has 7 heavy (non-hydrogen) atoms. The minimum atomic E-state index is -0.0926. The van der Waals surface area contributed by atoms with E-state index in [0.717, 1.165) is 0 Å². The van der Waals surface area contributed by atoms with Gasteiger partial charge >= 0.3 is 0 Å². The Morgan fingerprint density at radius 3 is 2.14 bits per heavy atom. The van der Waals surface area contributed by atoms with Crippen molar-refractivity contribution in [3.63, 3.8) is 0 Å². The molecule has 0 radical (unpaired) electrons. The highest BCUT2D eigenvalue weighted by Crippen LogP contribution is 1.90. The van der Waals surface area contributed by atoms with Crippen LogP contribution in [-0.4, -0.2) is 11.3 Å². The molecule has 1 atom stereocenters. The van der Waals surface area contributed by atoms with Crippen LogP contribution < -0.4 is 11.5 Å². The molecule has 0 saturated carbocycles. The third kappa shape index (κ3) is 5.62. The van der Waals surface area contributed by atoms with Gasteiger partial charge in [0.1, 0.15) is 0 Å². The second kappa shape index (κ2) is 2.74. The van der Waals surface area contributed by atoms with Crippen LogP contribution >= 0.6 is 12.6 Å². The summed E-state index contributed by atoms with van der Waals surface area (Å²) >= 11 is 3.89. The van der Waals surface area contributed by atoms with E-state index in [0.29, 0.717) is 0 Å². The third-order valence-corrected chi connectivity index (χ3v) is 0.451. The minimum absolute atomic E-state index is 0.0856. The fourth-order valence-corrected chi connectivity index (χ4v) is 0.349. The van der Waals surface area contributed by atoms with Crippen molar-refractivity contribution in [1.82, 2.24) is 0 Å². The molecule has 0 bridgehead atoms. The normalized spacial score (nSPS) is 12.9. The van der Waals surface area contributed by atoms with E-state index < -0.39 is 0 Å². The molecule has 0 aliphatic carbocycles. The molecule has 0 amide bonds. The van der Waals surface area contributed by atoms with Crippen LogP contribution in [0.3, 0.4) is 0 Å². The van der Waals surface area contributed by atoms with Crippen LogP contribution in [0.4, 0.5) is 0 Å². The Morgan fingerprint density at radius 2 is 2.14 bits per heavy atom. The van der Waals surface area contributed by atoms with Crippen LogP contribution in [0, 0.1) is 0 Å². The largest absolute Gasteiger partial charge is 0.370 e. The van der Waals surface area contributed by atoms with Crippen LogP contribution in [0.15, 0.2) is 4.99 Å². The quantitative estimate of drug-likeness (QED) is 0.248. The Balaban J connectivity index is 3.45. The zero-order valence-electron chi connectivity index (χ0n) is 4.13. The van der Waals surface area contributed by atoms with Crippen molar-refractivity contribution in [2.24, 2.45) is 16.5 Å². The topological polar surface area (TPSA) is 64.4 Å². The maximum absolute atomic E-state index is 4.97. The van der Waals surface area contributed by atoms with Crippen molar-refractivity contribution in [3.05, 3.63) is 0 Å². The highest BCUT2D eigenvalue weighted by Gasteiger charge is 1.84. The Morgan fingerprint density at radius 1 is 1.71 bits per heavy atom. The van der Waals surface area contributed by atoms with Crippen molar-refractivity contribution in [2.75, 3.05) is 0 Å². The van der Waals surface area contributed by atoms with Crippen LogP contribution in [-0.2, 0) is 0 Å². The lowest BCUT2D eigenvalue weighted by Crippen LogP contribution is -2.23. The maximum atomic E-state index is 4.97. The lowest BCUT2D eigenvalue weighted by molar-refractivity contribution is 1.04. The molecule has 0 aromatic heterocycles. The van der Waals surface area contributed by atoms with Gasteiger partial charge < -0.3 is 11.5 Å². The first-order valence-corrected chi connectivity index (χ1v) is 2.41. The van der Waals surface area contributed by atoms with E-state index in [4.69, 9.17) is 11.5 Å². The van der Waals surface area contributed by atoms with Gasteiger partial charge in [0, 0.05) is 0 Å². The van der Waals surface area contributed by atoms with Gasteiger partial charge in [-0.3, -0.25) is 0 Å².